The van der Waals surface area contributed by atoms with Crippen LogP contribution < -0.4 is 5.32 Å². The maximum atomic E-state index is 5.77. The van der Waals surface area contributed by atoms with Gasteiger partial charge in [0.25, 0.3) is 0 Å². The number of rotatable bonds is 4. The third kappa shape index (κ3) is 3.03. The Balaban J connectivity index is 2.00. The van der Waals surface area contributed by atoms with Gasteiger partial charge in [0.15, 0.2) is 0 Å². The van der Waals surface area contributed by atoms with Gasteiger partial charge in [0.05, 0.1) is 12.7 Å². The molecule has 2 rings (SSSR count). The van der Waals surface area contributed by atoms with E-state index in [9.17, 15) is 0 Å². The minimum atomic E-state index is 0.472. The molecule has 0 radical (unpaired) electrons. The molecule has 0 spiro atoms. The summed E-state index contributed by atoms with van der Waals surface area (Å²) in [6, 6.07) is 0.685. The van der Waals surface area contributed by atoms with Crippen LogP contribution in [-0.2, 0) is 4.74 Å². The highest BCUT2D eigenvalue weighted by Crippen LogP contribution is 2.38. The lowest BCUT2D eigenvalue weighted by atomic mass is 9.70. The second-order valence-corrected chi connectivity index (χ2v) is 6.07. The van der Waals surface area contributed by atoms with Gasteiger partial charge < -0.3 is 10.1 Å². The third-order valence-electron chi connectivity index (χ3n) is 5.02. The molecule has 5 atom stereocenters. The predicted molar refractivity (Wildman–Crippen MR) is 72.1 cm³/mol. The molecule has 0 amide bonds. The first-order valence-corrected chi connectivity index (χ1v) is 7.55. The average Bonchev–Trinajstić information content (AvgIpc) is 2.77. The molecule has 5 unspecified atom stereocenters. The molecule has 0 aromatic carbocycles. The zero-order chi connectivity index (χ0) is 12.3. The molecular formula is C15H29NO. The van der Waals surface area contributed by atoms with Crippen LogP contribution in [0, 0.1) is 17.8 Å². The molecule has 17 heavy (non-hydrogen) atoms. The largest absolute Gasteiger partial charge is 0.378 e. The van der Waals surface area contributed by atoms with E-state index in [-0.39, 0.29) is 0 Å². The van der Waals surface area contributed by atoms with Crippen molar-refractivity contribution >= 4 is 0 Å². The van der Waals surface area contributed by atoms with Crippen LogP contribution in [-0.4, -0.2) is 25.8 Å². The second kappa shape index (κ2) is 6.19. The summed E-state index contributed by atoms with van der Waals surface area (Å²) in [5.74, 6) is 2.57. The van der Waals surface area contributed by atoms with E-state index in [1.165, 1.54) is 38.5 Å². The Labute approximate surface area is 107 Å². The zero-order valence-electron chi connectivity index (χ0n) is 11.7. The zero-order valence-corrected chi connectivity index (χ0v) is 11.7. The SMILES string of the molecule is CCC1CCCCC1C(NC)C1COC(C)C1. The van der Waals surface area contributed by atoms with Crippen molar-refractivity contribution in [2.24, 2.45) is 17.8 Å². The molecule has 1 N–H and O–H groups in total. The quantitative estimate of drug-likeness (QED) is 0.813. The first-order chi connectivity index (χ1) is 8.26. The highest BCUT2D eigenvalue weighted by atomic mass is 16.5. The normalized spacial score (nSPS) is 40.4. The first-order valence-electron chi connectivity index (χ1n) is 7.55. The molecule has 0 aromatic heterocycles. The molecule has 0 aromatic rings. The molecule has 2 heteroatoms. The molecule has 2 fully saturated rings. The molecule has 1 saturated heterocycles. The summed E-state index contributed by atoms with van der Waals surface area (Å²) in [5, 5.41) is 3.62. The van der Waals surface area contributed by atoms with Gasteiger partial charge >= 0.3 is 0 Å². The number of hydrogen-bond donors (Lipinski definition) is 1. The van der Waals surface area contributed by atoms with Crippen LogP contribution >= 0.6 is 0 Å². The summed E-state index contributed by atoms with van der Waals surface area (Å²) >= 11 is 0. The van der Waals surface area contributed by atoms with Crippen molar-refractivity contribution in [1.29, 1.82) is 0 Å². The van der Waals surface area contributed by atoms with Crippen molar-refractivity contribution in [3.63, 3.8) is 0 Å². The van der Waals surface area contributed by atoms with Gasteiger partial charge in [-0.3, -0.25) is 0 Å². The average molecular weight is 239 g/mol. The Morgan fingerprint density at radius 1 is 1.29 bits per heavy atom. The van der Waals surface area contributed by atoms with Crippen molar-refractivity contribution in [3.05, 3.63) is 0 Å². The van der Waals surface area contributed by atoms with Crippen molar-refractivity contribution in [3.8, 4) is 0 Å². The minimum absolute atomic E-state index is 0.472. The number of hydrogen-bond acceptors (Lipinski definition) is 2. The van der Waals surface area contributed by atoms with E-state index in [0.29, 0.717) is 12.1 Å². The van der Waals surface area contributed by atoms with Gasteiger partial charge in [-0.15, -0.1) is 0 Å². The summed E-state index contributed by atoms with van der Waals surface area (Å²) in [7, 11) is 2.15. The van der Waals surface area contributed by atoms with E-state index in [0.717, 1.165) is 24.4 Å². The molecule has 1 aliphatic heterocycles. The fourth-order valence-electron chi connectivity index (χ4n) is 4.12. The maximum absolute atomic E-state index is 5.77. The van der Waals surface area contributed by atoms with Crippen LogP contribution in [0.4, 0.5) is 0 Å². The maximum Gasteiger partial charge on any atom is 0.0551 e. The fourth-order valence-corrected chi connectivity index (χ4v) is 4.12. The Kier molecular flexibility index (Phi) is 4.87. The molecule has 0 bridgehead atoms. The van der Waals surface area contributed by atoms with Gasteiger partial charge in [-0.2, -0.15) is 0 Å². The topological polar surface area (TPSA) is 21.3 Å². The molecule has 100 valence electrons. The lowest BCUT2D eigenvalue weighted by Crippen LogP contribution is -2.44. The monoisotopic (exact) mass is 239 g/mol. The summed E-state index contributed by atoms with van der Waals surface area (Å²) in [6.45, 7) is 5.55. The Bertz CT molecular complexity index is 231. The predicted octanol–water partition coefficient (Wildman–Crippen LogP) is 3.22. The Morgan fingerprint density at radius 3 is 2.65 bits per heavy atom. The standard InChI is InChI=1S/C15H29NO/c1-4-12-7-5-6-8-14(12)15(16-3)13-9-11(2)17-10-13/h11-16H,4-10H2,1-3H3. The summed E-state index contributed by atoms with van der Waals surface area (Å²) < 4.78 is 5.77. The van der Waals surface area contributed by atoms with Crippen molar-refractivity contribution < 1.29 is 4.74 Å². The van der Waals surface area contributed by atoms with Gasteiger partial charge in [0.2, 0.25) is 0 Å². The molecular weight excluding hydrogens is 210 g/mol. The lowest BCUT2D eigenvalue weighted by Gasteiger charge is -2.39. The summed E-state index contributed by atoms with van der Waals surface area (Å²) in [6.07, 6.45) is 8.83. The molecule has 2 aliphatic rings. The first kappa shape index (κ1) is 13.4. The minimum Gasteiger partial charge on any atom is -0.378 e. The molecule has 1 saturated carbocycles. The van der Waals surface area contributed by atoms with E-state index in [1.54, 1.807) is 0 Å². The van der Waals surface area contributed by atoms with Gasteiger partial charge in [-0.25, -0.2) is 0 Å². The van der Waals surface area contributed by atoms with Gasteiger partial charge in [-0.1, -0.05) is 32.6 Å². The van der Waals surface area contributed by atoms with Crippen molar-refractivity contribution in [2.45, 2.75) is 64.5 Å². The highest BCUT2D eigenvalue weighted by molar-refractivity contribution is 4.90. The van der Waals surface area contributed by atoms with E-state index in [4.69, 9.17) is 4.74 Å². The lowest BCUT2D eigenvalue weighted by molar-refractivity contribution is 0.101. The third-order valence-corrected chi connectivity index (χ3v) is 5.02. The van der Waals surface area contributed by atoms with Gasteiger partial charge in [0, 0.05) is 12.0 Å². The summed E-state index contributed by atoms with van der Waals surface area (Å²) in [4.78, 5) is 0. The van der Waals surface area contributed by atoms with Gasteiger partial charge in [-0.05, 0) is 38.6 Å². The van der Waals surface area contributed by atoms with E-state index in [1.807, 2.05) is 0 Å². The van der Waals surface area contributed by atoms with Crippen LogP contribution in [0.2, 0.25) is 0 Å². The van der Waals surface area contributed by atoms with Crippen LogP contribution in [0.5, 0.6) is 0 Å². The van der Waals surface area contributed by atoms with E-state index < -0.39 is 0 Å². The van der Waals surface area contributed by atoms with Crippen LogP contribution in [0.25, 0.3) is 0 Å². The molecule has 1 heterocycles. The van der Waals surface area contributed by atoms with E-state index in [2.05, 4.69) is 26.2 Å². The van der Waals surface area contributed by atoms with Crippen LogP contribution in [0.1, 0.15) is 52.4 Å². The number of nitrogens with one attached hydrogen (secondary N) is 1. The second-order valence-electron chi connectivity index (χ2n) is 6.07. The Hall–Kier alpha value is -0.0800. The van der Waals surface area contributed by atoms with E-state index >= 15 is 0 Å². The number of ether oxygens (including phenoxy) is 1. The van der Waals surface area contributed by atoms with Crippen LogP contribution in [0.15, 0.2) is 0 Å². The van der Waals surface area contributed by atoms with Crippen LogP contribution in [0.3, 0.4) is 0 Å². The van der Waals surface area contributed by atoms with Crippen molar-refractivity contribution in [2.75, 3.05) is 13.7 Å². The van der Waals surface area contributed by atoms with Crippen molar-refractivity contribution in [1.82, 2.24) is 5.32 Å². The Morgan fingerprint density at radius 2 is 2.06 bits per heavy atom. The summed E-state index contributed by atoms with van der Waals surface area (Å²) in [5.41, 5.74) is 0. The molecule has 1 aliphatic carbocycles. The molecule has 2 nitrogen and oxygen atoms in total. The smallest absolute Gasteiger partial charge is 0.0551 e. The fraction of sp³-hybridized carbons (Fsp3) is 1.00. The highest BCUT2D eigenvalue weighted by Gasteiger charge is 2.37. The van der Waals surface area contributed by atoms with Gasteiger partial charge in [0.1, 0.15) is 0 Å².